The molecule has 0 aliphatic carbocycles. The minimum Gasteiger partial charge on any atom is -0.326 e. The maximum atomic E-state index is 13.6. The average Bonchev–Trinajstić information content (AvgIpc) is 2.31. The van der Waals surface area contributed by atoms with Gasteiger partial charge in [0.05, 0.1) is 0 Å². The Labute approximate surface area is 102 Å². The van der Waals surface area contributed by atoms with Crippen molar-refractivity contribution in [3.05, 3.63) is 58.3 Å². The summed E-state index contributed by atoms with van der Waals surface area (Å²) in [6.07, 6.45) is 0. The van der Waals surface area contributed by atoms with Crippen molar-refractivity contribution in [3.63, 3.8) is 0 Å². The molecular formula is C13H11BrFN. The Bertz CT molecular complexity index is 494. The summed E-state index contributed by atoms with van der Waals surface area (Å²) in [5.74, 6) is -0.223. The zero-order valence-corrected chi connectivity index (χ0v) is 10.2. The van der Waals surface area contributed by atoms with E-state index >= 15 is 0 Å². The van der Waals surface area contributed by atoms with Crippen LogP contribution >= 0.6 is 15.9 Å². The molecule has 0 saturated heterocycles. The van der Waals surface area contributed by atoms with Gasteiger partial charge in [-0.3, -0.25) is 0 Å². The van der Waals surface area contributed by atoms with Crippen LogP contribution in [-0.4, -0.2) is 0 Å². The molecule has 2 N–H and O–H groups in total. The van der Waals surface area contributed by atoms with Gasteiger partial charge in [-0.15, -0.1) is 0 Å². The lowest BCUT2D eigenvalue weighted by Crippen LogP contribution is -1.97. The molecule has 0 aromatic heterocycles. The van der Waals surface area contributed by atoms with Gasteiger partial charge < -0.3 is 5.73 Å². The number of rotatable bonds is 2. The van der Waals surface area contributed by atoms with Gasteiger partial charge in [-0.25, -0.2) is 4.39 Å². The summed E-state index contributed by atoms with van der Waals surface area (Å²) in [5.41, 5.74) is 7.92. The van der Waals surface area contributed by atoms with E-state index in [0.717, 1.165) is 15.6 Å². The third-order valence-electron chi connectivity index (χ3n) is 2.42. The molecule has 0 amide bonds. The van der Waals surface area contributed by atoms with Gasteiger partial charge in [-0.1, -0.05) is 34.1 Å². The van der Waals surface area contributed by atoms with E-state index in [9.17, 15) is 4.39 Å². The predicted molar refractivity (Wildman–Crippen MR) is 67.4 cm³/mol. The fraction of sp³-hybridized carbons (Fsp3) is 0.0769. The molecule has 0 fully saturated rings. The molecule has 1 nitrogen and oxygen atoms in total. The van der Waals surface area contributed by atoms with Crippen molar-refractivity contribution in [2.75, 3.05) is 0 Å². The van der Waals surface area contributed by atoms with Gasteiger partial charge in [0.2, 0.25) is 0 Å². The molecule has 16 heavy (non-hydrogen) atoms. The van der Waals surface area contributed by atoms with E-state index in [-0.39, 0.29) is 5.82 Å². The van der Waals surface area contributed by atoms with Crippen LogP contribution < -0.4 is 5.73 Å². The first-order valence-corrected chi connectivity index (χ1v) is 5.74. The van der Waals surface area contributed by atoms with Crippen LogP contribution in [0.25, 0.3) is 11.1 Å². The zero-order chi connectivity index (χ0) is 11.5. The Morgan fingerprint density at radius 2 is 1.75 bits per heavy atom. The first kappa shape index (κ1) is 11.3. The van der Waals surface area contributed by atoms with Crippen molar-refractivity contribution in [1.29, 1.82) is 0 Å². The second kappa shape index (κ2) is 4.76. The van der Waals surface area contributed by atoms with E-state index < -0.39 is 0 Å². The van der Waals surface area contributed by atoms with Gasteiger partial charge in [-0.2, -0.15) is 0 Å². The van der Waals surface area contributed by atoms with E-state index in [1.807, 2.05) is 24.3 Å². The molecule has 0 heterocycles. The van der Waals surface area contributed by atoms with Crippen LogP contribution in [0.15, 0.2) is 46.9 Å². The first-order valence-electron chi connectivity index (χ1n) is 4.95. The van der Waals surface area contributed by atoms with Crippen molar-refractivity contribution in [1.82, 2.24) is 0 Å². The third-order valence-corrected chi connectivity index (χ3v) is 2.95. The highest BCUT2D eigenvalue weighted by Crippen LogP contribution is 2.25. The highest BCUT2D eigenvalue weighted by atomic mass is 79.9. The van der Waals surface area contributed by atoms with Gasteiger partial charge in [0.25, 0.3) is 0 Å². The smallest absolute Gasteiger partial charge is 0.131 e. The molecule has 0 radical (unpaired) electrons. The Hall–Kier alpha value is -1.19. The molecular weight excluding hydrogens is 269 g/mol. The summed E-state index contributed by atoms with van der Waals surface area (Å²) in [6, 6.07) is 12.5. The second-order valence-corrected chi connectivity index (χ2v) is 4.44. The van der Waals surface area contributed by atoms with Crippen molar-refractivity contribution in [2.24, 2.45) is 5.73 Å². The molecule has 0 unspecified atom stereocenters. The molecule has 82 valence electrons. The van der Waals surface area contributed by atoms with Gasteiger partial charge in [0.15, 0.2) is 0 Å². The van der Waals surface area contributed by atoms with Crippen LogP contribution in [0, 0.1) is 5.82 Å². The second-order valence-electron chi connectivity index (χ2n) is 3.53. The zero-order valence-electron chi connectivity index (χ0n) is 8.58. The summed E-state index contributed by atoms with van der Waals surface area (Å²) in [5, 5.41) is 0. The molecule has 2 aromatic rings. The number of hydrogen-bond acceptors (Lipinski definition) is 1. The number of benzene rings is 2. The molecule has 2 rings (SSSR count). The summed E-state index contributed by atoms with van der Waals surface area (Å²) in [7, 11) is 0. The van der Waals surface area contributed by atoms with Crippen molar-refractivity contribution in [3.8, 4) is 11.1 Å². The highest BCUT2D eigenvalue weighted by molar-refractivity contribution is 9.10. The van der Waals surface area contributed by atoms with Crippen molar-refractivity contribution >= 4 is 15.9 Å². The fourth-order valence-electron chi connectivity index (χ4n) is 1.55. The third kappa shape index (κ3) is 2.31. The normalized spacial score (nSPS) is 10.4. The Balaban J connectivity index is 2.50. The van der Waals surface area contributed by atoms with Gasteiger partial charge in [0, 0.05) is 16.6 Å². The van der Waals surface area contributed by atoms with E-state index in [0.29, 0.717) is 12.1 Å². The average molecular weight is 280 g/mol. The van der Waals surface area contributed by atoms with Gasteiger partial charge >= 0.3 is 0 Å². The monoisotopic (exact) mass is 279 g/mol. The standard InChI is InChI=1S/C13H11BrFN/c14-11-4-2-10(3-5-11)12-7-9(8-16)1-6-13(12)15/h1-7H,8,16H2. The van der Waals surface area contributed by atoms with Crippen LogP contribution in [-0.2, 0) is 6.54 Å². The molecule has 3 heteroatoms. The quantitative estimate of drug-likeness (QED) is 0.891. The van der Waals surface area contributed by atoms with Crippen LogP contribution in [0.1, 0.15) is 5.56 Å². The van der Waals surface area contributed by atoms with Crippen LogP contribution in [0.5, 0.6) is 0 Å². The summed E-state index contributed by atoms with van der Waals surface area (Å²) in [4.78, 5) is 0. The van der Waals surface area contributed by atoms with E-state index in [1.54, 1.807) is 12.1 Å². The van der Waals surface area contributed by atoms with Crippen molar-refractivity contribution in [2.45, 2.75) is 6.54 Å². The number of halogens is 2. The molecule has 0 saturated carbocycles. The number of hydrogen-bond donors (Lipinski definition) is 1. The number of nitrogens with two attached hydrogens (primary N) is 1. The maximum absolute atomic E-state index is 13.6. The van der Waals surface area contributed by atoms with Crippen LogP contribution in [0.2, 0.25) is 0 Å². The highest BCUT2D eigenvalue weighted by Gasteiger charge is 2.05. The van der Waals surface area contributed by atoms with Gasteiger partial charge in [-0.05, 0) is 35.4 Å². The predicted octanol–water partition coefficient (Wildman–Crippen LogP) is 3.71. The molecule has 0 atom stereocenters. The summed E-state index contributed by atoms with van der Waals surface area (Å²) >= 11 is 3.35. The lowest BCUT2D eigenvalue weighted by atomic mass is 10.0. The summed E-state index contributed by atoms with van der Waals surface area (Å²) in [6.45, 7) is 0.420. The fourth-order valence-corrected chi connectivity index (χ4v) is 1.81. The van der Waals surface area contributed by atoms with Gasteiger partial charge in [0.1, 0.15) is 5.82 Å². The van der Waals surface area contributed by atoms with E-state index in [1.165, 1.54) is 6.07 Å². The molecule has 0 aliphatic heterocycles. The van der Waals surface area contributed by atoms with E-state index in [4.69, 9.17) is 5.73 Å². The molecule has 0 spiro atoms. The molecule has 2 aromatic carbocycles. The largest absolute Gasteiger partial charge is 0.326 e. The molecule has 0 bridgehead atoms. The Kier molecular flexibility index (Phi) is 3.36. The SMILES string of the molecule is NCc1ccc(F)c(-c2ccc(Br)cc2)c1. The van der Waals surface area contributed by atoms with E-state index in [2.05, 4.69) is 15.9 Å². The first-order chi connectivity index (χ1) is 7.70. The van der Waals surface area contributed by atoms with Crippen molar-refractivity contribution < 1.29 is 4.39 Å². The Morgan fingerprint density at radius 1 is 1.06 bits per heavy atom. The maximum Gasteiger partial charge on any atom is 0.131 e. The summed E-state index contributed by atoms with van der Waals surface area (Å²) < 4.78 is 14.6. The van der Waals surface area contributed by atoms with Crippen LogP contribution in [0.4, 0.5) is 4.39 Å². The topological polar surface area (TPSA) is 26.0 Å². The Morgan fingerprint density at radius 3 is 2.38 bits per heavy atom. The molecule has 0 aliphatic rings. The van der Waals surface area contributed by atoms with Crippen LogP contribution in [0.3, 0.4) is 0 Å². The minimum atomic E-state index is -0.223. The lowest BCUT2D eigenvalue weighted by molar-refractivity contribution is 0.630. The minimum absolute atomic E-state index is 0.223. The lowest BCUT2D eigenvalue weighted by Gasteiger charge is -2.06.